The summed E-state index contributed by atoms with van der Waals surface area (Å²) in [5.41, 5.74) is 1.84. The Bertz CT molecular complexity index is 895. The van der Waals surface area contributed by atoms with Gasteiger partial charge in [0.15, 0.2) is 0 Å². The fourth-order valence-electron chi connectivity index (χ4n) is 4.10. The molecule has 0 saturated carbocycles. The van der Waals surface area contributed by atoms with E-state index in [4.69, 9.17) is 11.6 Å². The second kappa shape index (κ2) is 10.8. The molecule has 2 atom stereocenters. The second-order valence-electron chi connectivity index (χ2n) is 8.39. The third kappa shape index (κ3) is 6.30. The number of carbonyl (C=O) groups excluding carboxylic acids is 2. The van der Waals surface area contributed by atoms with Crippen molar-refractivity contribution < 1.29 is 14.0 Å². The molecule has 1 aliphatic rings. The lowest BCUT2D eigenvalue weighted by Gasteiger charge is -2.36. The monoisotopic (exact) mass is 444 g/mol. The van der Waals surface area contributed by atoms with Crippen molar-refractivity contribution in [2.45, 2.75) is 51.5 Å². The number of nitrogens with one attached hydrogen (secondary N) is 1. The number of likely N-dealkylation sites (tertiary alicyclic amines) is 1. The molecule has 2 aromatic rings. The van der Waals surface area contributed by atoms with Gasteiger partial charge in [0.1, 0.15) is 11.9 Å². The zero-order chi connectivity index (χ0) is 22.4. The fourth-order valence-corrected chi connectivity index (χ4v) is 4.23. The number of halogens is 2. The van der Waals surface area contributed by atoms with Crippen molar-refractivity contribution in [2.24, 2.45) is 5.92 Å². The average Bonchev–Trinajstić information content (AvgIpc) is 2.77. The van der Waals surface area contributed by atoms with E-state index in [0.29, 0.717) is 24.6 Å². The van der Waals surface area contributed by atoms with Crippen LogP contribution in [-0.4, -0.2) is 35.8 Å². The van der Waals surface area contributed by atoms with Crippen LogP contribution in [0.5, 0.6) is 0 Å². The molecule has 166 valence electrons. The summed E-state index contributed by atoms with van der Waals surface area (Å²) >= 11 is 5.99. The molecule has 0 radical (unpaired) electrons. The van der Waals surface area contributed by atoms with Crippen LogP contribution in [-0.2, 0) is 16.0 Å². The number of amides is 2. The Morgan fingerprint density at radius 3 is 2.45 bits per heavy atom. The molecule has 1 aliphatic heterocycles. The lowest BCUT2D eigenvalue weighted by molar-refractivity contribution is -0.138. The fraction of sp³-hybridized carbons (Fsp3) is 0.440. The maximum Gasteiger partial charge on any atom is 0.245 e. The van der Waals surface area contributed by atoms with Gasteiger partial charge in [0, 0.05) is 18.1 Å². The molecule has 0 spiro atoms. The minimum absolute atomic E-state index is 0.0120. The van der Waals surface area contributed by atoms with Crippen molar-refractivity contribution in [1.82, 2.24) is 10.2 Å². The molecule has 0 unspecified atom stereocenters. The van der Waals surface area contributed by atoms with Crippen LogP contribution in [0.4, 0.5) is 4.39 Å². The van der Waals surface area contributed by atoms with E-state index in [2.05, 4.69) is 17.4 Å². The third-order valence-electron chi connectivity index (χ3n) is 6.20. The SMILES string of the molecule is CC[C@H](C)[C@@H](NC(=O)Cc1cccc(F)c1)C(=O)N1CCC(c2ccc(Cl)cc2)CC1. The van der Waals surface area contributed by atoms with Crippen LogP contribution >= 0.6 is 11.6 Å². The van der Waals surface area contributed by atoms with Crippen molar-refractivity contribution >= 4 is 23.4 Å². The topological polar surface area (TPSA) is 49.4 Å². The van der Waals surface area contributed by atoms with Gasteiger partial charge in [-0.15, -0.1) is 0 Å². The summed E-state index contributed by atoms with van der Waals surface area (Å²) in [7, 11) is 0. The Morgan fingerprint density at radius 2 is 1.84 bits per heavy atom. The largest absolute Gasteiger partial charge is 0.344 e. The predicted octanol–water partition coefficient (Wildman–Crippen LogP) is 4.96. The highest BCUT2D eigenvalue weighted by Gasteiger charge is 2.32. The number of carbonyl (C=O) groups is 2. The molecule has 6 heteroatoms. The molecular weight excluding hydrogens is 415 g/mol. The van der Waals surface area contributed by atoms with E-state index in [-0.39, 0.29) is 30.0 Å². The Hall–Kier alpha value is -2.40. The number of benzene rings is 2. The van der Waals surface area contributed by atoms with Crippen molar-refractivity contribution in [3.05, 3.63) is 70.5 Å². The van der Waals surface area contributed by atoms with E-state index < -0.39 is 6.04 Å². The molecule has 1 N–H and O–H groups in total. The number of piperidine rings is 1. The van der Waals surface area contributed by atoms with Gasteiger partial charge in [0.05, 0.1) is 6.42 Å². The van der Waals surface area contributed by atoms with E-state index in [1.807, 2.05) is 30.9 Å². The van der Waals surface area contributed by atoms with E-state index in [1.54, 1.807) is 12.1 Å². The molecule has 1 fully saturated rings. The van der Waals surface area contributed by atoms with E-state index in [1.165, 1.54) is 17.7 Å². The van der Waals surface area contributed by atoms with Gasteiger partial charge in [-0.2, -0.15) is 0 Å². The first-order chi connectivity index (χ1) is 14.9. The average molecular weight is 445 g/mol. The van der Waals surface area contributed by atoms with Crippen LogP contribution < -0.4 is 5.32 Å². The van der Waals surface area contributed by atoms with Gasteiger partial charge < -0.3 is 10.2 Å². The normalized spacial score (nSPS) is 16.6. The second-order valence-corrected chi connectivity index (χ2v) is 8.82. The quantitative estimate of drug-likeness (QED) is 0.656. The molecule has 0 bridgehead atoms. The van der Waals surface area contributed by atoms with Gasteiger partial charge in [-0.25, -0.2) is 4.39 Å². The summed E-state index contributed by atoms with van der Waals surface area (Å²) in [6, 6.07) is 13.3. The Balaban J connectivity index is 1.60. The summed E-state index contributed by atoms with van der Waals surface area (Å²) in [6.07, 6.45) is 2.60. The maximum absolute atomic E-state index is 13.4. The molecule has 31 heavy (non-hydrogen) atoms. The highest BCUT2D eigenvalue weighted by Crippen LogP contribution is 2.29. The summed E-state index contributed by atoms with van der Waals surface area (Å²) in [5.74, 6) is -0.246. The first kappa shape index (κ1) is 23.3. The number of hydrogen-bond donors (Lipinski definition) is 1. The van der Waals surface area contributed by atoms with Gasteiger partial charge in [-0.1, -0.05) is 56.1 Å². The van der Waals surface area contributed by atoms with Gasteiger partial charge in [0.25, 0.3) is 0 Å². The van der Waals surface area contributed by atoms with Gasteiger partial charge in [-0.05, 0) is 60.1 Å². The number of rotatable bonds is 7. The van der Waals surface area contributed by atoms with Crippen LogP contribution in [0.25, 0.3) is 0 Å². The van der Waals surface area contributed by atoms with Crippen LogP contribution in [0.15, 0.2) is 48.5 Å². The van der Waals surface area contributed by atoms with Gasteiger partial charge >= 0.3 is 0 Å². The van der Waals surface area contributed by atoms with Crippen LogP contribution in [0.2, 0.25) is 5.02 Å². The summed E-state index contributed by atoms with van der Waals surface area (Å²) in [5, 5.41) is 3.64. The highest BCUT2D eigenvalue weighted by atomic mass is 35.5. The molecule has 0 aromatic heterocycles. The lowest BCUT2D eigenvalue weighted by atomic mass is 9.88. The zero-order valence-corrected chi connectivity index (χ0v) is 18.9. The van der Waals surface area contributed by atoms with E-state index >= 15 is 0 Å². The highest BCUT2D eigenvalue weighted by molar-refractivity contribution is 6.30. The Morgan fingerprint density at radius 1 is 1.16 bits per heavy atom. The molecular formula is C25H30ClFN2O2. The van der Waals surface area contributed by atoms with Crippen molar-refractivity contribution in [3.63, 3.8) is 0 Å². The van der Waals surface area contributed by atoms with Crippen LogP contribution in [0.1, 0.15) is 50.2 Å². The first-order valence-electron chi connectivity index (χ1n) is 11.0. The van der Waals surface area contributed by atoms with Gasteiger partial charge in [-0.3, -0.25) is 9.59 Å². The smallest absolute Gasteiger partial charge is 0.245 e. The molecule has 3 rings (SSSR count). The predicted molar refractivity (Wildman–Crippen MR) is 121 cm³/mol. The number of nitrogens with zero attached hydrogens (tertiary/aromatic N) is 1. The molecule has 1 saturated heterocycles. The van der Waals surface area contributed by atoms with Crippen molar-refractivity contribution in [3.8, 4) is 0 Å². The maximum atomic E-state index is 13.4. The Labute approximate surface area is 188 Å². The van der Waals surface area contributed by atoms with Crippen molar-refractivity contribution in [2.75, 3.05) is 13.1 Å². The zero-order valence-electron chi connectivity index (χ0n) is 18.1. The summed E-state index contributed by atoms with van der Waals surface area (Å²) in [6.45, 7) is 5.32. The standard InChI is InChI=1S/C25H30ClFN2O2/c1-3-17(2)24(28-23(30)16-18-5-4-6-22(27)15-18)25(31)29-13-11-20(12-14-29)19-7-9-21(26)10-8-19/h4-10,15,17,20,24H,3,11-14,16H2,1-2H3,(H,28,30)/t17-,24+/m0/s1. The van der Waals surface area contributed by atoms with E-state index in [9.17, 15) is 14.0 Å². The van der Waals surface area contributed by atoms with Crippen molar-refractivity contribution in [1.29, 1.82) is 0 Å². The van der Waals surface area contributed by atoms with Crippen LogP contribution in [0.3, 0.4) is 0 Å². The van der Waals surface area contributed by atoms with Gasteiger partial charge in [0.2, 0.25) is 11.8 Å². The molecule has 4 nitrogen and oxygen atoms in total. The van der Waals surface area contributed by atoms with Crippen LogP contribution in [0, 0.1) is 11.7 Å². The molecule has 0 aliphatic carbocycles. The lowest BCUT2D eigenvalue weighted by Crippen LogP contribution is -2.53. The first-order valence-corrected chi connectivity index (χ1v) is 11.3. The Kier molecular flexibility index (Phi) is 8.08. The molecule has 2 aromatic carbocycles. The minimum Gasteiger partial charge on any atom is -0.344 e. The number of hydrogen-bond acceptors (Lipinski definition) is 2. The summed E-state index contributed by atoms with van der Waals surface area (Å²) in [4.78, 5) is 27.7. The minimum atomic E-state index is -0.571. The summed E-state index contributed by atoms with van der Waals surface area (Å²) < 4.78 is 13.4. The molecule has 1 heterocycles. The third-order valence-corrected chi connectivity index (χ3v) is 6.45. The molecule has 2 amide bonds. The van der Waals surface area contributed by atoms with E-state index in [0.717, 1.165) is 24.3 Å².